The molecule has 0 amide bonds. The van der Waals surface area contributed by atoms with E-state index in [0.717, 1.165) is 30.2 Å². The first-order valence-corrected chi connectivity index (χ1v) is 8.95. The molecule has 130 valence electrons. The van der Waals surface area contributed by atoms with Crippen LogP contribution in [0.5, 0.6) is 0 Å². The Bertz CT molecular complexity index is 842. The van der Waals surface area contributed by atoms with Crippen LogP contribution in [-0.2, 0) is 0 Å². The number of nitrogens with one attached hydrogen (secondary N) is 1. The number of anilines is 1. The number of aromatic nitrogens is 4. The minimum absolute atomic E-state index is 0.623. The molecule has 2 aromatic heterocycles. The summed E-state index contributed by atoms with van der Waals surface area (Å²) in [4.78, 5) is 11.4. The van der Waals surface area contributed by atoms with Crippen molar-refractivity contribution in [3.05, 3.63) is 42.7 Å². The Morgan fingerprint density at radius 3 is 2.84 bits per heavy atom. The summed E-state index contributed by atoms with van der Waals surface area (Å²) in [7, 11) is 0. The zero-order valence-electron chi connectivity index (χ0n) is 14.8. The van der Waals surface area contributed by atoms with Gasteiger partial charge in [-0.3, -0.25) is 0 Å². The number of hydrogen-bond donors (Lipinski definition) is 1. The minimum Gasteiger partial charge on any atom is -0.370 e. The Morgan fingerprint density at radius 1 is 1.24 bits per heavy atom. The third-order valence-electron chi connectivity index (χ3n) is 4.94. The monoisotopic (exact) mass is 336 g/mol. The molecule has 1 N–H and O–H groups in total. The average Bonchev–Trinajstić information content (AvgIpc) is 3.29. The molecule has 1 fully saturated rings. The van der Waals surface area contributed by atoms with Gasteiger partial charge in [-0.1, -0.05) is 30.3 Å². The molecule has 3 aromatic rings. The number of nitrogens with zero attached hydrogens (tertiary/aromatic N) is 5. The van der Waals surface area contributed by atoms with E-state index >= 15 is 0 Å². The maximum Gasteiger partial charge on any atom is 0.254 e. The second-order valence-electron chi connectivity index (χ2n) is 6.99. The Balaban J connectivity index is 1.56. The van der Waals surface area contributed by atoms with Crippen molar-refractivity contribution in [3.63, 3.8) is 0 Å². The lowest BCUT2D eigenvalue weighted by Crippen LogP contribution is -2.29. The molecule has 3 heterocycles. The van der Waals surface area contributed by atoms with Crippen LogP contribution in [-0.4, -0.2) is 50.2 Å². The van der Waals surface area contributed by atoms with Crippen LogP contribution in [0.1, 0.15) is 20.3 Å². The lowest BCUT2D eigenvalue weighted by molar-refractivity contribution is 0.266. The number of fused-ring (bicyclic) bond motifs is 1. The summed E-state index contributed by atoms with van der Waals surface area (Å²) in [5.41, 5.74) is 2.00. The van der Waals surface area contributed by atoms with Gasteiger partial charge in [-0.15, -0.1) is 0 Å². The van der Waals surface area contributed by atoms with Gasteiger partial charge >= 0.3 is 0 Å². The number of likely N-dealkylation sites (tertiary alicyclic amines) is 1. The molecule has 6 nitrogen and oxygen atoms in total. The van der Waals surface area contributed by atoms with E-state index in [0.29, 0.717) is 17.7 Å². The number of rotatable bonds is 5. The van der Waals surface area contributed by atoms with Crippen molar-refractivity contribution in [2.45, 2.75) is 26.3 Å². The van der Waals surface area contributed by atoms with Gasteiger partial charge in [0.2, 0.25) is 0 Å². The molecule has 0 bridgehead atoms. The van der Waals surface area contributed by atoms with Crippen LogP contribution >= 0.6 is 0 Å². The standard InChI is InChI=1S/C19H24N6/c1-14(2)24-9-8-15(12-24)11-20-18-10-17(16-6-4-3-5-7-16)23-19-21-13-22-25(18)19/h3-7,10,13-15,20H,8-9,11-12H2,1-2H3. The van der Waals surface area contributed by atoms with Crippen molar-refractivity contribution in [1.29, 1.82) is 0 Å². The van der Waals surface area contributed by atoms with Crippen LogP contribution in [0.4, 0.5) is 5.82 Å². The molecule has 6 heteroatoms. The first-order valence-electron chi connectivity index (χ1n) is 8.95. The van der Waals surface area contributed by atoms with Gasteiger partial charge in [-0.2, -0.15) is 14.6 Å². The third-order valence-corrected chi connectivity index (χ3v) is 4.94. The summed E-state index contributed by atoms with van der Waals surface area (Å²) in [6, 6.07) is 12.9. The Labute approximate surface area is 147 Å². The van der Waals surface area contributed by atoms with Gasteiger partial charge in [0.15, 0.2) is 0 Å². The summed E-state index contributed by atoms with van der Waals surface area (Å²) in [5, 5.41) is 7.89. The molecular formula is C19H24N6. The highest BCUT2D eigenvalue weighted by Gasteiger charge is 2.24. The van der Waals surface area contributed by atoms with E-state index in [-0.39, 0.29) is 0 Å². The van der Waals surface area contributed by atoms with E-state index in [1.165, 1.54) is 13.0 Å². The van der Waals surface area contributed by atoms with E-state index in [4.69, 9.17) is 0 Å². The summed E-state index contributed by atoms with van der Waals surface area (Å²) in [6.07, 6.45) is 2.79. The normalized spacial score (nSPS) is 18.3. The van der Waals surface area contributed by atoms with Gasteiger partial charge in [0.1, 0.15) is 12.1 Å². The van der Waals surface area contributed by atoms with Crippen LogP contribution in [0.15, 0.2) is 42.7 Å². The predicted molar refractivity (Wildman–Crippen MR) is 99.5 cm³/mol. The smallest absolute Gasteiger partial charge is 0.254 e. The molecule has 0 saturated carbocycles. The van der Waals surface area contributed by atoms with Crippen LogP contribution in [0, 0.1) is 5.92 Å². The Hall–Kier alpha value is -2.47. The van der Waals surface area contributed by atoms with Gasteiger partial charge in [0.05, 0.1) is 5.69 Å². The van der Waals surface area contributed by atoms with Crippen molar-refractivity contribution in [2.75, 3.05) is 25.0 Å². The molecule has 0 radical (unpaired) electrons. The molecule has 1 aliphatic rings. The summed E-state index contributed by atoms with van der Waals surface area (Å²) >= 11 is 0. The third kappa shape index (κ3) is 3.35. The molecule has 1 saturated heterocycles. The SMILES string of the molecule is CC(C)N1CCC(CNc2cc(-c3ccccc3)nc3ncnn23)C1. The summed E-state index contributed by atoms with van der Waals surface area (Å²) in [6.45, 7) is 7.82. The van der Waals surface area contributed by atoms with Crippen LogP contribution in [0.2, 0.25) is 0 Å². The van der Waals surface area contributed by atoms with Crippen molar-refractivity contribution < 1.29 is 0 Å². The molecular weight excluding hydrogens is 312 g/mol. The fourth-order valence-electron chi connectivity index (χ4n) is 3.44. The lowest BCUT2D eigenvalue weighted by atomic mass is 10.1. The Kier molecular flexibility index (Phi) is 4.36. The maximum atomic E-state index is 4.62. The molecule has 1 atom stereocenters. The maximum absolute atomic E-state index is 4.62. The first kappa shape index (κ1) is 16.0. The van der Waals surface area contributed by atoms with E-state index < -0.39 is 0 Å². The second kappa shape index (κ2) is 6.80. The topological polar surface area (TPSA) is 58.3 Å². The largest absolute Gasteiger partial charge is 0.370 e. The molecule has 1 aliphatic heterocycles. The van der Waals surface area contributed by atoms with Crippen molar-refractivity contribution in [1.82, 2.24) is 24.5 Å². The molecule has 0 aliphatic carbocycles. The van der Waals surface area contributed by atoms with Crippen LogP contribution in [0.3, 0.4) is 0 Å². The zero-order chi connectivity index (χ0) is 17.2. The molecule has 0 spiro atoms. The van der Waals surface area contributed by atoms with Crippen molar-refractivity contribution in [3.8, 4) is 11.3 Å². The van der Waals surface area contributed by atoms with E-state index in [1.54, 1.807) is 10.8 Å². The van der Waals surface area contributed by atoms with Crippen LogP contribution < -0.4 is 5.32 Å². The number of benzene rings is 1. The predicted octanol–water partition coefficient (Wildman–Crippen LogP) is 2.93. The van der Waals surface area contributed by atoms with E-state index in [9.17, 15) is 0 Å². The fourth-order valence-corrected chi connectivity index (χ4v) is 3.44. The van der Waals surface area contributed by atoms with Crippen molar-refractivity contribution in [2.24, 2.45) is 5.92 Å². The molecule has 25 heavy (non-hydrogen) atoms. The second-order valence-corrected chi connectivity index (χ2v) is 6.99. The highest BCUT2D eigenvalue weighted by Crippen LogP contribution is 2.23. The molecule has 1 unspecified atom stereocenters. The van der Waals surface area contributed by atoms with Gasteiger partial charge < -0.3 is 10.2 Å². The van der Waals surface area contributed by atoms with Gasteiger partial charge in [-0.25, -0.2) is 4.98 Å². The summed E-state index contributed by atoms with van der Waals surface area (Å²) in [5.74, 6) is 2.23. The van der Waals surface area contributed by atoms with E-state index in [1.807, 2.05) is 18.2 Å². The van der Waals surface area contributed by atoms with Crippen LogP contribution in [0.25, 0.3) is 17.0 Å². The zero-order valence-corrected chi connectivity index (χ0v) is 14.8. The summed E-state index contributed by atoms with van der Waals surface area (Å²) < 4.78 is 1.78. The average molecular weight is 336 g/mol. The quantitative estimate of drug-likeness (QED) is 0.776. The molecule has 1 aromatic carbocycles. The van der Waals surface area contributed by atoms with Gasteiger partial charge in [-0.05, 0) is 32.7 Å². The fraction of sp³-hybridized carbons (Fsp3) is 0.421. The first-order chi connectivity index (χ1) is 12.2. The Morgan fingerprint density at radius 2 is 2.08 bits per heavy atom. The van der Waals surface area contributed by atoms with Gasteiger partial charge in [0, 0.05) is 30.8 Å². The number of hydrogen-bond acceptors (Lipinski definition) is 5. The van der Waals surface area contributed by atoms with E-state index in [2.05, 4.69) is 57.3 Å². The highest BCUT2D eigenvalue weighted by atomic mass is 15.4. The lowest BCUT2D eigenvalue weighted by Gasteiger charge is -2.20. The van der Waals surface area contributed by atoms with Crippen molar-refractivity contribution >= 4 is 11.6 Å². The van der Waals surface area contributed by atoms with Gasteiger partial charge in [0.25, 0.3) is 5.78 Å². The molecule has 4 rings (SSSR count). The minimum atomic E-state index is 0.623. The highest BCUT2D eigenvalue weighted by molar-refractivity contribution is 5.65.